The lowest BCUT2D eigenvalue weighted by Crippen LogP contribution is -2.29. The van der Waals surface area contributed by atoms with E-state index >= 15 is 0 Å². The zero-order valence-electron chi connectivity index (χ0n) is 18.8. The lowest BCUT2D eigenvalue weighted by atomic mass is 9.74. The number of allylic oxidation sites excluding steroid dienone is 1. The molecular formula is C24H30ClNO3S. The Morgan fingerprint density at radius 3 is 2.70 bits per heavy atom. The average molecular weight is 448 g/mol. The molecule has 6 heteroatoms. The van der Waals surface area contributed by atoms with Crippen LogP contribution in [0.25, 0.3) is 5.57 Å². The number of ether oxygens (including phenoxy) is 2. The summed E-state index contributed by atoms with van der Waals surface area (Å²) in [6, 6.07) is 4.09. The van der Waals surface area contributed by atoms with Gasteiger partial charge in [-0.25, -0.2) is 4.79 Å². The smallest absolute Gasteiger partial charge is 0.340 e. The van der Waals surface area contributed by atoms with Crippen LogP contribution in [0.5, 0.6) is 0 Å². The van der Waals surface area contributed by atoms with Gasteiger partial charge < -0.3 is 9.47 Å². The normalized spacial score (nSPS) is 16.6. The lowest BCUT2D eigenvalue weighted by molar-refractivity contribution is -0.166. The summed E-state index contributed by atoms with van der Waals surface area (Å²) in [5.74, 6) is -0.399. The van der Waals surface area contributed by atoms with Gasteiger partial charge in [-0.3, -0.25) is 4.98 Å². The van der Waals surface area contributed by atoms with E-state index in [1.807, 2.05) is 33.8 Å². The molecule has 0 N–H and O–H groups in total. The number of pyridine rings is 1. The summed E-state index contributed by atoms with van der Waals surface area (Å²) in [7, 11) is 0. The summed E-state index contributed by atoms with van der Waals surface area (Å²) in [6.45, 7) is 14.3. The predicted octanol–water partition coefficient (Wildman–Crippen LogP) is 6.64. The molecule has 0 radical (unpaired) electrons. The molecule has 1 aliphatic rings. The van der Waals surface area contributed by atoms with Crippen molar-refractivity contribution in [1.29, 1.82) is 0 Å². The Kier molecular flexibility index (Phi) is 6.47. The zero-order valence-corrected chi connectivity index (χ0v) is 20.3. The summed E-state index contributed by atoms with van der Waals surface area (Å²) >= 11 is 8.22. The Labute approximate surface area is 188 Å². The van der Waals surface area contributed by atoms with Crippen LogP contribution in [0.4, 0.5) is 0 Å². The number of fused-ring (bicyclic) bond motifs is 1. The number of thiophene rings is 1. The molecule has 30 heavy (non-hydrogen) atoms. The van der Waals surface area contributed by atoms with E-state index in [9.17, 15) is 4.79 Å². The molecule has 2 heterocycles. The van der Waals surface area contributed by atoms with Crippen LogP contribution in [0.15, 0.2) is 24.4 Å². The highest BCUT2D eigenvalue weighted by atomic mass is 35.5. The van der Waals surface area contributed by atoms with Gasteiger partial charge in [-0.2, -0.15) is 0 Å². The first-order valence-electron chi connectivity index (χ1n) is 10.3. The highest BCUT2D eigenvalue weighted by molar-refractivity contribution is 7.16. The predicted molar refractivity (Wildman–Crippen MR) is 123 cm³/mol. The molecule has 1 unspecified atom stereocenters. The van der Waals surface area contributed by atoms with E-state index in [1.165, 1.54) is 16.9 Å². The molecule has 0 spiro atoms. The van der Waals surface area contributed by atoms with Crippen LogP contribution in [0.2, 0.25) is 4.34 Å². The summed E-state index contributed by atoms with van der Waals surface area (Å²) in [6.07, 6.45) is 3.99. The van der Waals surface area contributed by atoms with Crippen LogP contribution >= 0.6 is 22.9 Å². The summed E-state index contributed by atoms with van der Waals surface area (Å²) in [4.78, 5) is 18.6. The van der Waals surface area contributed by atoms with Crippen molar-refractivity contribution >= 4 is 34.5 Å². The number of halogens is 1. The average Bonchev–Trinajstić information content (AvgIpc) is 2.93. The zero-order chi connectivity index (χ0) is 22.3. The third-order valence-corrected chi connectivity index (χ3v) is 6.53. The molecule has 0 bridgehead atoms. The van der Waals surface area contributed by atoms with Gasteiger partial charge in [0.1, 0.15) is 4.34 Å². The molecule has 0 aliphatic heterocycles. The fraction of sp³-hybridized carbons (Fsp3) is 0.500. The van der Waals surface area contributed by atoms with Gasteiger partial charge in [-0.1, -0.05) is 37.6 Å². The Morgan fingerprint density at radius 2 is 2.07 bits per heavy atom. The molecule has 2 aromatic rings. The number of carbonyl (C=O) groups is 1. The van der Waals surface area contributed by atoms with E-state index in [0.717, 1.165) is 33.7 Å². The maximum atomic E-state index is 12.9. The van der Waals surface area contributed by atoms with Gasteiger partial charge in [-0.05, 0) is 58.1 Å². The van der Waals surface area contributed by atoms with E-state index in [1.54, 1.807) is 13.1 Å². The molecule has 0 saturated carbocycles. The van der Waals surface area contributed by atoms with E-state index in [2.05, 4.69) is 26.0 Å². The lowest BCUT2D eigenvalue weighted by Gasteiger charge is -2.32. The molecule has 0 aromatic carbocycles. The summed E-state index contributed by atoms with van der Waals surface area (Å²) < 4.78 is 12.2. The standard InChI is InChI=1S/C24H30ClNO3S/c1-8-28-22(27)20(29-23(3,4)5)17-14(2)30-21(25)18(17)15-11-12-24(6,7)16-10-9-13-26-19(15)16/h9-11,13,20H,8,12H2,1-7H3. The molecule has 162 valence electrons. The molecule has 3 rings (SSSR count). The Bertz CT molecular complexity index is 985. The molecule has 4 nitrogen and oxygen atoms in total. The maximum absolute atomic E-state index is 12.9. The van der Waals surface area contributed by atoms with Crippen molar-refractivity contribution in [3.63, 3.8) is 0 Å². The third kappa shape index (κ3) is 4.48. The van der Waals surface area contributed by atoms with Gasteiger partial charge in [0, 0.05) is 27.8 Å². The topological polar surface area (TPSA) is 48.4 Å². The number of nitrogens with zero attached hydrogens (tertiary/aromatic N) is 1. The van der Waals surface area contributed by atoms with Crippen LogP contribution in [0.1, 0.15) is 81.3 Å². The van der Waals surface area contributed by atoms with Crippen LogP contribution in [0.3, 0.4) is 0 Å². The highest BCUT2D eigenvalue weighted by Crippen LogP contribution is 2.48. The van der Waals surface area contributed by atoms with E-state index in [4.69, 9.17) is 26.1 Å². The number of esters is 1. The monoisotopic (exact) mass is 447 g/mol. The second-order valence-electron chi connectivity index (χ2n) is 9.19. The maximum Gasteiger partial charge on any atom is 0.340 e. The third-order valence-electron chi connectivity index (χ3n) is 5.20. The van der Waals surface area contributed by atoms with Crippen LogP contribution in [-0.4, -0.2) is 23.2 Å². The minimum Gasteiger partial charge on any atom is -0.464 e. The van der Waals surface area contributed by atoms with Gasteiger partial charge in [0.05, 0.1) is 17.9 Å². The van der Waals surface area contributed by atoms with Crippen molar-refractivity contribution in [3.05, 3.63) is 56.0 Å². The molecule has 2 aromatic heterocycles. The van der Waals surface area contributed by atoms with Gasteiger partial charge in [0.2, 0.25) is 0 Å². The number of aromatic nitrogens is 1. The van der Waals surface area contributed by atoms with Crippen molar-refractivity contribution in [2.75, 3.05) is 6.61 Å². The molecule has 1 atom stereocenters. The fourth-order valence-electron chi connectivity index (χ4n) is 3.84. The fourth-order valence-corrected chi connectivity index (χ4v) is 5.30. The molecule has 0 amide bonds. The van der Waals surface area contributed by atoms with Gasteiger partial charge in [-0.15, -0.1) is 11.3 Å². The largest absolute Gasteiger partial charge is 0.464 e. The minimum atomic E-state index is -0.855. The van der Waals surface area contributed by atoms with Crippen LogP contribution < -0.4 is 0 Å². The van der Waals surface area contributed by atoms with Crippen molar-refractivity contribution in [2.45, 2.75) is 72.0 Å². The number of rotatable bonds is 5. The van der Waals surface area contributed by atoms with Crippen molar-refractivity contribution in [2.24, 2.45) is 0 Å². The van der Waals surface area contributed by atoms with E-state index < -0.39 is 17.7 Å². The highest BCUT2D eigenvalue weighted by Gasteiger charge is 2.37. The van der Waals surface area contributed by atoms with Crippen LogP contribution in [0, 0.1) is 6.92 Å². The number of aryl methyl sites for hydroxylation is 1. The van der Waals surface area contributed by atoms with Crippen LogP contribution in [-0.2, 0) is 19.7 Å². The molecule has 0 saturated heterocycles. The Hall–Kier alpha value is -1.69. The molecule has 0 fully saturated rings. The van der Waals surface area contributed by atoms with Crippen molar-refractivity contribution < 1.29 is 14.3 Å². The first-order chi connectivity index (χ1) is 14.0. The molecule has 1 aliphatic carbocycles. The number of carbonyl (C=O) groups excluding carboxylic acids is 1. The Morgan fingerprint density at radius 1 is 1.37 bits per heavy atom. The van der Waals surface area contributed by atoms with Gasteiger partial charge >= 0.3 is 5.97 Å². The number of hydrogen-bond acceptors (Lipinski definition) is 5. The number of hydrogen-bond donors (Lipinski definition) is 0. The second-order valence-corrected chi connectivity index (χ2v) is 11.0. The van der Waals surface area contributed by atoms with E-state index in [0.29, 0.717) is 4.34 Å². The van der Waals surface area contributed by atoms with Crippen molar-refractivity contribution in [1.82, 2.24) is 4.98 Å². The van der Waals surface area contributed by atoms with Gasteiger partial charge in [0.15, 0.2) is 6.10 Å². The summed E-state index contributed by atoms with van der Waals surface area (Å²) in [5, 5.41) is 0. The van der Waals surface area contributed by atoms with Crippen molar-refractivity contribution in [3.8, 4) is 0 Å². The second kappa shape index (κ2) is 8.45. The minimum absolute atomic E-state index is 0.0206. The Balaban J connectivity index is 2.21. The summed E-state index contributed by atoms with van der Waals surface area (Å²) in [5.41, 5.74) is 4.10. The van der Waals surface area contributed by atoms with E-state index in [-0.39, 0.29) is 12.0 Å². The first-order valence-corrected chi connectivity index (χ1v) is 11.5. The first kappa shape index (κ1) is 23.0. The molecular weight excluding hydrogens is 418 g/mol. The quantitative estimate of drug-likeness (QED) is 0.482. The van der Waals surface area contributed by atoms with Gasteiger partial charge in [0.25, 0.3) is 0 Å². The SMILES string of the molecule is CCOC(=O)C(OC(C)(C)C)c1c(C)sc(Cl)c1C1=CCC(C)(C)c2cccnc21.